The highest BCUT2D eigenvalue weighted by atomic mass is 31.2. The van der Waals surface area contributed by atoms with Crippen LogP contribution in [0.5, 0.6) is 0 Å². The molecule has 0 aliphatic heterocycles. The summed E-state index contributed by atoms with van der Waals surface area (Å²) >= 11 is 0. The lowest BCUT2D eigenvalue weighted by atomic mass is 10.1. The van der Waals surface area contributed by atoms with E-state index in [9.17, 15) is 28.9 Å². The summed E-state index contributed by atoms with van der Waals surface area (Å²) in [4.78, 5) is 48.8. The molecule has 0 amide bonds. The Kier molecular flexibility index (Phi) is 58.7. The number of carbonyl (C=O) groups is 3. The van der Waals surface area contributed by atoms with Crippen LogP contribution in [0.3, 0.4) is 0 Å². The molecule has 0 saturated carbocycles. The second-order valence-corrected chi connectivity index (χ2v) is 22.6. The SMILES string of the molecule is CC/C=C\C/C=C\C/C=C\C/C=C\CCCCCCCCC(=O)OC(COC(=O)CCCCCCCC/C=C\C/C=C\C/C=C\CCCCC)COP(=O)(O)OCC(CO)OC(=O)CCCCCCC/C=C\CCCCCCCC. The second-order valence-electron chi connectivity index (χ2n) is 21.2. The standard InChI is InChI=1S/C68H117O11P/c1-4-7-10-13-16-19-22-25-28-30-32-34-37-39-42-45-48-51-54-57-66(70)75-61-65(79-68(72)59-56-53-50-47-44-41-38-35-33-31-29-26-23-20-17-14-11-8-5-2)63-77-80(73,74)76-62-64(60-69)78-67(71)58-55-52-49-46-43-40-36-27-24-21-18-15-12-9-6-3/h8,11,16-17,19-20,25-29,32-36,64-65,69H,4-7,9-10,12-15,18,21-24,30-31,37-63H2,1-3H3,(H,73,74)/b11-8-,19-16-,20-17-,28-25-,29-26-,34-32-,35-33-,36-27-. The Labute approximate surface area is 489 Å². The monoisotopic (exact) mass is 1140 g/mol. The first kappa shape index (κ1) is 76.4. The average Bonchev–Trinajstić information content (AvgIpc) is 3.45. The third-order valence-corrected chi connectivity index (χ3v) is 14.4. The predicted molar refractivity (Wildman–Crippen MR) is 334 cm³/mol. The summed E-state index contributed by atoms with van der Waals surface area (Å²) in [5, 5.41) is 9.85. The lowest BCUT2D eigenvalue weighted by Crippen LogP contribution is -2.30. The molecule has 0 saturated heterocycles. The molecular formula is C68H117O11P. The van der Waals surface area contributed by atoms with Crippen LogP contribution in [0.2, 0.25) is 0 Å². The summed E-state index contributed by atoms with van der Waals surface area (Å²) in [6.45, 7) is 4.48. The van der Waals surface area contributed by atoms with Crippen molar-refractivity contribution in [2.75, 3.05) is 26.4 Å². The van der Waals surface area contributed by atoms with Gasteiger partial charge in [-0.3, -0.25) is 23.4 Å². The summed E-state index contributed by atoms with van der Waals surface area (Å²) in [5.41, 5.74) is 0. The van der Waals surface area contributed by atoms with Crippen LogP contribution in [0.4, 0.5) is 0 Å². The van der Waals surface area contributed by atoms with Gasteiger partial charge in [0.25, 0.3) is 0 Å². The third kappa shape index (κ3) is 59.0. The van der Waals surface area contributed by atoms with Gasteiger partial charge in [0.2, 0.25) is 0 Å². The zero-order valence-electron chi connectivity index (χ0n) is 51.0. The van der Waals surface area contributed by atoms with Crippen LogP contribution in [-0.4, -0.2) is 66.5 Å². The number of hydrogen-bond donors (Lipinski definition) is 2. The van der Waals surface area contributed by atoms with Gasteiger partial charge in [-0.15, -0.1) is 0 Å². The van der Waals surface area contributed by atoms with Gasteiger partial charge in [-0.1, -0.05) is 234 Å². The maximum absolute atomic E-state index is 13.0. The highest BCUT2D eigenvalue weighted by molar-refractivity contribution is 7.47. The van der Waals surface area contributed by atoms with E-state index in [4.69, 9.17) is 23.3 Å². The number of esters is 3. The average molecular weight is 1140 g/mol. The molecule has 460 valence electrons. The molecule has 0 aliphatic rings. The Bertz CT molecular complexity index is 1710. The lowest BCUT2D eigenvalue weighted by Gasteiger charge is -2.21. The predicted octanol–water partition coefficient (Wildman–Crippen LogP) is 19.6. The van der Waals surface area contributed by atoms with E-state index in [1.165, 1.54) is 64.2 Å². The minimum atomic E-state index is -4.77. The van der Waals surface area contributed by atoms with Gasteiger partial charge < -0.3 is 24.2 Å². The minimum Gasteiger partial charge on any atom is -0.462 e. The fourth-order valence-corrected chi connectivity index (χ4v) is 9.37. The van der Waals surface area contributed by atoms with E-state index in [1.54, 1.807) is 0 Å². The van der Waals surface area contributed by atoms with Crippen molar-refractivity contribution in [3.8, 4) is 0 Å². The van der Waals surface area contributed by atoms with Gasteiger partial charge in [-0.25, -0.2) is 4.57 Å². The molecule has 0 aromatic heterocycles. The molecule has 11 nitrogen and oxygen atoms in total. The molecule has 3 atom stereocenters. The van der Waals surface area contributed by atoms with Gasteiger partial charge in [0.05, 0.1) is 19.8 Å². The van der Waals surface area contributed by atoms with Crippen molar-refractivity contribution in [2.45, 2.75) is 290 Å². The molecule has 12 heteroatoms. The summed E-state index contributed by atoms with van der Waals surface area (Å²) in [7, 11) is -4.77. The molecule has 0 rings (SSSR count). The number of carbonyl (C=O) groups excluding carboxylic acids is 3. The van der Waals surface area contributed by atoms with Crippen LogP contribution in [-0.2, 0) is 42.2 Å². The number of phosphoric ester groups is 1. The Morgan fingerprint density at radius 1 is 0.362 bits per heavy atom. The molecular weight excluding hydrogens is 1020 g/mol. The van der Waals surface area contributed by atoms with Crippen LogP contribution >= 0.6 is 7.82 Å². The highest BCUT2D eigenvalue weighted by Gasteiger charge is 2.28. The van der Waals surface area contributed by atoms with Crippen LogP contribution in [0.1, 0.15) is 278 Å². The van der Waals surface area contributed by atoms with Crippen LogP contribution in [0.25, 0.3) is 0 Å². The van der Waals surface area contributed by atoms with Crippen molar-refractivity contribution in [1.82, 2.24) is 0 Å². The number of aliphatic hydroxyl groups is 1. The first-order valence-electron chi connectivity index (χ1n) is 32.1. The van der Waals surface area contributed by atoms with Crippen molar-refractivity contribution in [2.24, 2.45) is 0 Å². The van der Waals surface area contributed by atoms with E-state index >= 15 is 0 Å². The van der Waals surface area contributed by atoms with Crippen molar-refractivity contribution in [1.29, 1.82) is 0 Å². The fourth-order valence-electron chi connectivity index (χ4n) is 8.58. The van der Waals surface area contributed by atoms with E-state index in [-0.39, 0.29) is 25.9 Å². The third-order valence-electron chi connectivity index (χ3n) is 13.5. The smallest absolute Gasteiger partial charge is 0.462 e. The number of aliphatic hydroxyl groups excluding tert-OH is 1. The van der Waals surface area contributed by atoms with E-state index in [1.807, 2.05) is 0 Å². The zero-order valence-corrected chi connectivity index (χ0v) is 51.9. The first-order valence-corrected chi connectivity index (χ1v) is 33.6. The van der Waals surface area contributed by atoms with Gasteiger partial charge >= 0.3 is 25.7 Å². The van der Waals surface area contributed by atoms with E-state index in [0.717, 1.165) is 154 Å². The molecule has 0 aliphatic carbocycles. The Balaban J connectivity index is 4.77. The number of ether oxygens (including phenoxy) is 3. The number of hydrogen-bond acceptors (Lipinski definition) is 10. The minimum absolute atomic E-state index is 0.144. The van der Waals surface area contributed by atoms with Gasteiger partial charge in [-0.05, 0) is 122 Å². The van der Waals surface area contributed by atoms with E-state index in [2.05, 4.69) is 118 Å². The van der Waals surface area contributed by atoms with Crippen molar-refractivity contribution in [3.63, 3.8) is 0 Å². The quantitative estimate of drug-likeness (QED) is 0.0197. The van der Waals surface area contributed by atoms with Gasteiger partial charge in [-0.2, -0.15) is 0 Å². The summed E-state index contributed by atoms with van der Waals surface area (Å²) in [6.07, 6.45) is 73.5. The van der Waals surface area contributed by atoms with Gasteiger partial charge in [0, 0.05) is 19.3 Å². The topological polar surface area (TPSA) is 155 Å². The summed E-state index contributed by atoms with van der Waals surface area (Å²) in [5.74, 6) is -1.50. The Morgan fingerprint density at radius 3 is 1.04 bits per heavy atom. The molecule has 80 heavy (non-hydrogen) atoms. The zero-order chi connectivity index (χ0) is 58.3. The van der Waals surface area contributed by atoms with Crippen molar-refractivity contribution >= 4 is 25.7 Å². The summed E-state index contributed by atoms with van der Waals surface area (Å²) in [6, 6.07) is 0. The van der Waals surface area contributed by atoms with E-state index in [0.29, 0.717) is 19.3 Å². The van der Waals surface area contributed by atoms with Gasteiger partial charge in [0.1, 0.15) is 12.7 Å². The maximum atomic E-state index is 13.0. The van der Waals surface area contributed by atoms with E-state index < -0.39 is 57.8 Å². The first-order chi connectivity index (χ1) is 39.2. The molecule has 0 aromatic rings. The normalized spacial score (nSPS) is 13.9. The number of phosphoric acid groups is 1. The Hall–Kier alpha value is -3.60. The second kappa shape index (κ2) is 61.5. The van der Waals surface area contributed by atoms with Crippen molar-refractivity contribution in [3.05, 3.63) is 97.2 Å². The number of rotatable bonds is 59. The highest BCUT2D eigenvalue weighted by Crippen LogP contribution is 2.43. The number of unbranched alkanes of at least 4 members (excludes halogenated alkanes) is 26. The lowest BCUT2D eigenvalue weighted by molar-refractivity contribution is -0.161. The molecule has 0 spiro atoms. The van der Waals surface area contributed by atoms with Crippen LogP contribution in [0.15, 0.2) is 97.2 Å². The molecule has 0 radical (unpaired) electrons. The molecule has 0 bridgehead atoms. The number of allylic oxidation sites excluding steroid dienone is 16. The van der Waals surface area contributed by atoms with Gasteiger partial charge in [0.15, 0.2) is 6.10 Å². The van der Waals surface area contributed by atoms with Crippen LogP contribution in [0, 0.1) is 0 Å². The molecule has 0 aromatic carbocycles. The molecule has 3 unspecified atom stereocenters. The molecule has 0 fully saturated rings. The molecule has 2 N–H and O–H groups in total. The largest absolute Gasteiger partial charge is 0.472 e. The van der Waals surface area contributed by atoms with Crippen molar-refractivity contribution < 1.29 is 52.2 Å². The Morgan fingerprint density at radius 2 is 0.650 bits per heavy atom. The van der Waals surface area contributed by atoms with Crippen LogP contribution < -0.4 is 0 Å². The molecule has 0 heterocycles. The summed E-state index contributed by atoms with van der Waals surface area (Å²) < 4.78 is 39.7. The maximum Gasteiger partial charge on any atom is 0.472 e. The fraction of sp³-hybridized carbons (Fsp3) is 0.721.